The first-order valence-electron chi connectivity index (χ1n) is 5.30. The zero-order valence-corrected chi connectivity index (χ0v) is 11.8. The van der Waals surface area contributed by atoms with Crippen molar-refractivity contribution in [2.24, 2.45) is 0 Å². The lowest BCUT2D eigenvalue weighted by Gasteiger charge is -2.20. The van der Waals surface area contributed by atoms with Gasteiger partial charge >= 0.3 is 0 Å². The topological polar surface area (TPSA) is 60.2 Å². The average molecular weight is 296 g/mol. The normalized spacial score (nSPS) is 12.6. The molecule has 17 heavy (non-hydrogen) atoms. The molecule has 0 aromatic heterocycles. The van der Waals surface area contributed by atoms with Crippen molar-refractivity contribution in [1.29, 1.82) is 0 Å². The van der Waals surface area contributed by atoms with Gasteiger partial charge in [0.05, 0.1) is 10.6 Å². The summed E-state index contributed by atoms with van der Waals surface area (Å²) in [5, 5.41) is 0. The summed E-state index contributed by atoms with van der Waals surface area (Å²) >= 11 is 11.9. The fraction of sp³-hybridized carbons (Fsp3) is 0.455. The fourth-order valence-corrected chi connectivity index (χ4v) is 3.54. The fourth-order valence-electron chi connectivity index (χ4n) is 1.40. The Morgan fingerprint density at radius 1 is 1.29 bits per heavy atom. The molecule has 0 aliphatic heterocycles. The summed E-state index contributed by atoms with van der Waals surface area (Å²) in [6.45, 7) is 1.94. The molecule has 0 amide bonds. The predicted octanol–water partition coefficient (Wildman–Crippen LogP) is 3.36. The Labute approximate surface area is 112 Å². The zero-order chi connectivity index (χ0) is 13.1. The average Bonchev–Trinajstić information content (AvgIpc) is 2.26. The van der Waals surface area contributed by atoms with Crippen LogP contribution in [0.2, 0.25) is 0 Å². The van der Waals surface area contributed by atoms with E-state index in [9.17, 15) is 8.42 Å². The van der Waals surface area contributed by atoms with E-state index < -0.39 is 13.5 Å². The molecule has 0 saturated heterocycles. The molecule has 0 bridgehead atoms. The van der Waals surface area contributed by atoms with Gasteiger partial charge in [0.1, 0.15) is 0 Å². The molecule has 2 N–H and O–H groups in total. The summed E-state index contributed by atoms with van der Waals surface area (Å²) in [6, 6.07) is 6.17. The number of anilines is 1. The highest BCUT2D eigenvalue weighted by molar-refractivity contribution is 7.95. The largest absolute Gasteiger partial charge is 0.398 e. The van der Waals surface area contributed by atoms with Gasteiger partial charge in [-0.1, -0.05) is 48.7 Å². The second kappa shape index (κ2) is 5.46. The van der Waals surface area contributed by atoms with Crippen LogP contribution in [-0.2, 0) is 9.84 Å². The minimum atomic E-state index is -3.84. The van der Waals surface area contributed by atoms with Gasteiger partial charge in [0.25, 0.3) is 0 Å². The van der Waals surface area contributed by atoms with Crippen LogP contribution in [0.5, 0.6) is 0 Å². The SMILES string of the molecule is CCCCC(Cl)(Cl)S(=O)(=O)c1ccccc1N. The van der Waals surface area contributed by atoms with E-state index in [0.717, 1.165) is 6.42 Å². The van der Waals surface area contributed by atoms with E-state index in [4.69, 9.17) is 28.9 Å². The third-order valence-electron chi connectivity index (χ3n) is 2.42. The molecule has 0 unspecified atom stereocenters. The number of sulfone groups is 1. The minimum Gasteiger partial charge on any atom is -0.398 e. The lowest BCUT2D eigenvalue weighted by atomic mass is 10.3. The Morgan fingerprint density at radius 2 is 1.88 bits per heavy atom. The van der Waals surface area contributed by atoms with Gasteiger partial charge in [-0.15, -0.1) is 0 Å². The monoisotopic (exact) mass is 295 g/mol. The summed E-state index contributed by atoms with van der Waals surface area (Å²) in [7, 11) is -3.84. The van der Waals surface area contributed by atoms with Crippen molar-refractivity contribution in [3.63, 3.8) is 0 Å². The van der Waals surface area contributed by atoms with E-state index in [1.807, 2.05) is 6.92 Å². The number of rotatable bonds is 5. The second-order valence-corrected chi connectivity index (χ2v) is 7.86. The second-order valence-electron chi connectivity index (χ2n) is 3.78. The van der Waals surface area contributed by atoms with Gasteiger partial charge in [0.2, 0.25) is 13.5 Å². The number of nitrogen functional groups attached to an aromatic ring is 1. The van der Waals surface area contributed by atoms with Crippen LogP contribution in [0.15, 0.2) is 29.2 Å². The van der Waals surface area contributed by atoms with Crippen molar-refractivity contribution in [2.75, 3.05) is 5.73 Å². The summed E-state index contributed by atoms with van der Waals surface area (Å²) in [5.74, 6) is 0. The summed E-state index contributed by atoms with van der Waals surface area (Å²) in [6.07, 6.45) is 1.64. The van der Waals surface area contributed by atoms with Crippen LogP contribution in [0.1, 0.15) is 26.2 Å². The molecular weight excluding hydrogens is 281 g/mol. The number of halogens is 2. The molecule has 96 valence electrons. The van der Waals surface area contributed by atoms with Gasteiger partial charge in [-0.2, -0.15) is 0 Å². The van der Waals surface area contributed by atoms with Crippen LogP contribution in [0, 0.1) is 0 Å². The molecule has 0 radical (unpaired) electrons. The molecule has 0 fully saturated rings. The van der Waals surface area contributed by atoms with E-state index in [1.54, 1.807) is 12.1 Å². The Kier molecular flexibility index (Phi) is 4.69. The van der Waals surface area contributed by atoms with Crippen LogP contribution in [0.25, 0.3) is 0 Å². The number of benzene rings is 1. The molecule has 0 saturated carbocycles. The maximum Gasteiger partial charge on any atom is 0.222 e. The highest BCUT2D eigenvalue weighted by Gasteiger charge is 2.41. The van der Waals surface area contributed by atoms with Crippen molar-refractivity contribution in [2.45, 2.75) is 34.7 Å². The number of para-hydroxylation sites is 1. The maximum atomic E-state index is 12.2. The molecule has 0 atom stereocenters. The van der Waals surface area contributed by atoms with E-state index >= 15 is 0 Å². The minimum absolute atomic E-state index is 0.0129. The molecule has 0 spiro atoms. The van der Waals surface area contributed by atoms with Crippen LogP contribution in [0.3, 0.4) is 0 Å². The smallest absolute Gasteiger partial charge is 0.222 e. The first-order chi connectivity index (χ1) is 7.83. The van der Waals surface area contributed by atoms with Crippen LogP contribution in [-0.4, -0.2) is 12.1 Å². The first-order valence-corrected chi connectivity index (χ1v) is 7.54. The first kappa shape index (κ1) is 14.6. The van der Waals surface area contributed by atoms with Crippen molar-refractivity contribution in [3.05, 3.63) is 24.3 Å². The molecule has 0 aliphatic rings. The zero-order valence-electron chi connectivity index (χ0n) is 9.49. The summed E-state index contributed by atoms with van der Waals surface area (Å²) < 4.78 is 22.7. The lowest BCUT2D eigenvalue weighted by Crippen LogP contribution is -2.27. The molecular formula is C11H15Cl2NO2S. The Morgan fingerprint density at radius 3 is 2.41 bits per heavy atom. The molecule has 0 heterocycles. The third kappa shape index (κ3) is 3.06. The van der Waals surface area contributed by atoms with Crippen LogP contribution >= 0.6 is 23.2 Å². The van der Waals surface area contributed by atoms with Gasteiger partial charge in [-0.25, -0.2) is 8.42 Å². The van der Waals surface area contributed by atoms with Gasteiger partial charge in [0.15, 0.2) is 0 Å². The van der Waals surface area contributed by atoms with Crippen molar-refractivity contribution < 1.29 is 8.42 Å². The Balaban J connectivity index is 3.15. The van der Waals surface area contributed by atoms with Crippen molar-refractivity contribution >= 4 is 38.7 Å². The van der Waals surface area contributed by atoms with Gasteiger partial charge in [-0.05, 0) is 25.0 Å². The third-order valence-corrected chi connectivity index (χ3v) is 5.96. The van der Waals surface area contributed by atoms with E-state index in [2.05, 4.69) is 0 Å². The molecule has 1 aromatic rings. The highest BCUT2D eigenvalue weighted by Crippen LogP contribution is 2.39. The van der Waals surface area contributed by atoms with Gasteiger partial charge in [-0.3, -0.25) is 0 Å². The molecule has 6 heteroatoms. The van der Waals surface area contributed by atoms with Crippen molar-refractivity contribution in [3.8, 4) is 0 Å². The standard InChI is InChI=1S/C11H15Cl2NO2S/c1-2-3-8-11(12,13)17(15,16)10-7-5-4-6-9(10)14/h4-7H,2-3,8,14H2,1H3. The number of hydrogen-bond acceptors (Lipinski definition) is 3. The Bertz CT molecular complexity index is 486. The Hall–Kier alpha value is -0.450. The highest BCUT2D eigenvalue weighted by atomic mass is 35.5. The number of unbranched alkanes of at least 4 members (excludes halogenated alkanes) is 1. The number of hydrogen-bond donors (Lipinski definition) is 1. The molecule has 1 rings (SSSR count). The predicted molar refractivity (Wildman–Crippen MR) is 72.0 cm³/mol. The maximum absolute atomic E-state index is 12.2. The summed E-state index contributed by atoms with van der Waals surface area (Å²) in [4.78, 5) is -0.0129. The van der Waals surface area contributed by atoms with Gasteiger partial charge < -0.3 is 5.73 Å². The molecule has 1 aromatic carbocycles. The number of alkyl halides is 2. The van der Waals surface area contributed by atoms with Crippen molar-refractivity contribution in [1.82, 2.24) is 0 Å². The van der Waals surface area contributed by atoms with E-state index in [0.29, 0.717) is 6.42 Å². The van der Waals surface area contributed by atoms with Crippen LogP contribution < -0.4 is 5.73 Å². The lowest BCUT2D eigenvalue weighted by molar-refractivity contribution is 0.579. The molecule has 3 nitrogen and oxygen atoms in total. The quantitative estimate of drug-likeness (QED) is 0.669. The molecule has 0 aliphatic carbocycles. The number of nitrogens with two attached hydrogens (primary N) is 1. The summed E-state index contributed by atoms with van der Waals surface area (Å²) in [5.41, 5.74) is 5.80. The van der Waals surface area contributed by atoms with Crippen LogP contribution in [0.4, 0.5) is 5.69 Å². The van der Waals surface area contributed by atoms with E-state index in [1.165, 1.54) is 12.1 Å². The van der Waals surface area contributed by atoms with Gasteiger partial charge in [0, 0.05) is 0 Å². The van der Waals surface area contributed by atoms with E-state index in [-0.39, 0.29) is 17.0 Å².